The largest absolute Gasteiger partial charge is 0.351 e. The van der Waals surface area contributed by atoms with Gasteiger partial charge in [-0.3, -0.25) is 4.79 Å². The standard InChI is InChI=1S/C11H18N2OS/c1-7(5-12)6-13-11(14)10-4-8(2)9(3)15-10/h4,7H,5-6,12H2,1-3H3,(H,13,14). The summed E-state index contributed by atoms with van der Waals surface area (Å²) in [6.45, 7) is 7.31. The topological polar surface area (TPSA) is 55.1 Å². The molecule has 1 amide bonds. The van der Waals surface area contributed by atoms with Gasteiger partial charge in [0.05, 0.1) is 4.88 Å². The summed E-state index contributed by atoms with van der Waals surface area (Å²) in [5.74, 6) is 0.340. The number of thiophene rings is 1. The van der Waals surface area contributed by atoms with Crippen molar-refractivity contribution in [1.29, 1.82) is 0 Å². The molecule has 0 bridgehead atoms. The fourth-order valence-corrected chi connectivity index (χ4v) is 2.07. The van der Waals surface area contributed by atoms with Gasteiger partial charge in [-0.25, -0.2) is 0 Å². The SMILES string of the molecule is Cc1cc(C(=O)NCC(C)CN)sc1C. The predicted octanol–water partition coefficient (Wildman–Crippen LogP) is 1.69. The number of carbonyl (C=O) groups excluding carboxylic acids is 1. The zero-order valence-electron chi connectivity index (χ0n) is 9.46. The summed E-state index contributed by atoms with van der Waals surface area (Å²) in [6.07, 6.45) is 0. The normalized spacial score (nSPS) is 12.5. The number of hydrogen-bond donors (Lipinski definition) is 2. The lowest BCUT2D eigenvalue weighted by atomic mass is 10.2. The molecule has 0 radical (unpaired) electrons. The van der Waals surface area contributed by atoms with Gasteiger partial charge < -0.3 is 11.1 Å². The Kier molecular flexibility index (Phi) is 4.29. The highest BCUT2D eigenvalue weighted by molar-refractivity contribution is 7.14. The maximum atomic E-state index is 11.7. The third-order valence-corrected chi connectivity index (χ3v) is 3.55. The molecular weight excluding hydrogens is 208 g/mol. The van der Waals surface area contributed by atoms with E-state index >= 15 is 0 Å². The zero-order valence-corrected chi connectivity index (χ0v) is 10.3. The van der Waals surface area contributed by atoms with Gasteiger partial charge in [0, 0.05) is 11.4 Å². The fourth-order valence-electron chi connectivity index (χ4n) is 1.12. The van der Waals surface area contributed by atoms with Crippen LogP contribution in [0.2, 0.25) is 0 Å². The Hall–Kier alpha value is -0.870. The Bertz CT molecular complexity index is 327. The minimum atomic E-state index is 0.0106. The Labute approximate surface area is 94.7 Å². The molecule has 0 spiro atoms. The smallest absolute Gasteiger partial charge is 0.261 e. The van der Waals surface area contributed by atoms with Gasteiger partial charge in [-0.2, -0.15) is 0 Å². The van der Waals surface area contributed by atoms with Gasteiger partial charge in [-0.1, -0.05) is 6.92 Å². The molecule has 3 nitrogen and oxygen atoms in total. The van der Waals surface area contributed by atoms with Crippen LogP contribution in [0.25, 0.3) is 0 Å². The first-order valence-corrected chi connectivity index (χ1v) is 5.91. The summed E-state index contributed by atoms with van der Waals surface area (Å²) in [7, 11) is 0. The van der Waals surface area contributed by atoms with Crippen molar-refractivity contribution in [3.05, 3.63) is 21.4 Å². The minimum absolute atomic E-state index is 0.0106. The number of amides is 1. The summed E-state index contributed by atoms with van der Waals surface area (Å²) in [4.78, 5) is 13.7. The molecule has 1 aromatic rings. The van der Waals surface area contributed by atoms with Gasteiger partial charge >= 0.3 is 0 Å². The third-order valence-electron chi connectivity index (χ3n) is 2.40. The lowest BCUT2D eigenvalue weighted by molar-refractivity contribution is 0.0952. The van der Waals surface area contributed by atoms with Crippen LogP contribution >= 0.6 is 11.3 Å². The van der Waals surface area contributed by atoms with E-state index in [0.717, 1.165) is 4.88 Å². The molecule has 0 saturated heterocycles. The predicted molar refractivity (Wildman–Crippen MR) is 64.3 cm³/mol. The fraction of sp³-hybridized carbons (Fsp3) is 0.545. The van der Waals surface area contributed by atoms with Gasteiger partial charge in [0.1, 0.15) is 0 Å². The first-order chi connectivity index (χ1) is 7.04. The quantitative estimate of drug-likeness (QED) is 0.821. The Morgan fingerprint density at radius 2 is 2.27 bits per heavy atom. The van der Waals surface area contributed by atoms with Gasteiger partial charge in [-0.05, 0) is 37.9 Å². The van der Waals surface area contributed by atoms with Crippen LogP contribution in [0.3, 0.4) is 0 Å². The average molecular weight is 226 g/mol. The number of hydrogen-bond acceptors (Lipinski definition) is 3. The molecule has 0 saturated carbocycles. The molecule has 4 heteroatoms. The molecular formula is C11H18N2OS. The van der Waals surface area contributed by atoms with E-state index < -0.39 is 0 Å². The van der Waals surface area contributed by atoms with E-state index in [1.165, 1.54) is 21.8 Å². The van der Waals surface area contributed by atoms with Crippen molar-refractivity contribution in [2.24, 2.45) is 11.7 Å². The summed E-state index contributed by atoms with van der Waals surface area (Å²) < 4.78 is 0. The number of nitrogens with two attached hydrogens (primary N) is 1. The molecule has 1 rings (SSSR count). The van der Waals surface area contributed by atoms with Gasteiger partial charge in [0.25, 0.3) is 5.91 Å². The molecule has 0 fully saturated rings. The molecule has 0 aliphatic carbocycles. The summed E-state index contributed by atoms with van der Waals surface area (Å²) >= 11 is 1.54. The van der Waals surface area contributed by atoms with Crippen molar-refractivity contribution in [2.45, 2.75) is 20.8 Å². The molecule has 1 unspecified atom stereocenters. The highest BCUT2D eigenvalue weighted by Crippen LogP contribution is 2.20. The van der Waals surface area contributed by atoms with Gasteiger partial charge in [0.2, 0.25) is 0 Å². The average Bonchev–Trinajstić information content (AvgIpc) is 2.55. The Morgan fingerprint density at radius 1 is 1.60 bits per heavy atom. The van der Waals surface area contributed by atoms with Crippen LogP contribution < -0.4 is 11.1 Å². The number of aryl methyl sites for hydroxylation is 2. The molecule has 1 heterocycles. The maximum absolute atomic E-state index is 11.7. The van der Waals surface area contributed by atoms with E-state index in [9.17, 15) is 4.79 Å². The van der Waals surface area contributed by atoms with Crippen molar-refractivity contribution in [3.8, 4) is 0 Å². The second kappa shape index (κ2) is 5.28. The molecule has 0 aromatic carbocycles. The van der Waals surface area contributed by atoms with Gasteiger partial charge in [0.15, 0.2) is 0 Å². The van der Waals surface area contributed by atoms with Crippen molar-refractivity contribution < 1.29 is 4.79 Å². The zero-order chi connectivity index (χ0) is 11.4. The highest BCUT2D eigenvalue weighted by Gasteiger charge is 2.10. The van der Waals surface area contributed by atoms with Crippen LogP contribution in [0.4, 0.5) is 0 Å². The van der Waals surface area contributed by atoms with Crippen molar-refractivity contribution in [3.63, 3.8) is 0 Å². The molecule has 15 heavy (non-hydrogen) atoms. The molecule has 1 aromatic heterocycles. The monoisotopic (exact) mass is 226 g/mol. The lowest BCUT2D eigenvalue weighted by Gasteiger charge is -2.08. The summed E-state index contributed by atoms with van der Waals surface area (Å²) in [6, 6.07) is 1.93. The van der Waals surface area contributed by atoms with E-state index in [4.69, 9.17) is 5.73 Å². The Balaban J connectivity index is 2.54. The third kappa shape index (κ3) is 3.32. The summed E-state index contributed by atoms with van der Waals surface area (Å²) in [5.41, 5.74) is 6.65. The molecule has 3 N–H and O–H groups in total. The number of rotatable bonds is 4. The van der Waals surface area contributed by atoms with E-state index in [1.54, 1.807) is 0 Å². The molecule has 0 aliphatic heterocycles. The minimum Gasteiger partial charge on any atom is -0.351 e. The first-order valence-electron chi connectivity index (χ1n) is 5.10. The highest BCUT2D eigenvalue weighted by atomic mass is 32.1. The van der Waals surface area contributed by atoms with Crippen LogP contribution in [0.1, 0.15) is 27.0 Å². The number of nitrogens with one attached hydrogen (secondary N) is 1. The van der Waals surface area contributed by atoms with Crippen LogP contribution in [0.15, 0.2) is 6.07 Å². The Morgan fingerprint density at radius 3 is 2.73 bits per heavy atom. The molecule has 1 atom stereocenters. The van der Waals surface area contributed by atoms with E-state index in [0.29, 0.717) is 19.0 Å². The van der Waals surface area contributed by atoms with Crippen LogP contribution in [-0.2, 0) is 0 Å². The number of carbonyl (C=O) groups is 1. The van der Waals surface area contributed by atoms with Crippen molar-refractivity contribution in [1.82, 2.24) is 5.32 Å². The van der Waals surface area contributed by atoms with Gasteiger partial charge in [-0.15, -0.1) is 11.3 Å². The second-order valence-corrected chi connectivity index (χ2v) is 5.16. The first kappa shape index (κ1) is 12.2. The van der Waals surface area contributed by atoms with Crippen LogP contribution in [-0.4, -0.2) is 19.0 Å². The maximum Gasteiger partial charge on any atom is 0.261 e. The molecule has 84 valence electrons. The van der Waals surface area contributed by atoms with E-state index in [-0.39, 0.29) is 5.91 Å². The van der Waals surface area contributed by atoms with Crippen molar-refractivity contribution in [2.75, 3.05) is 13.1 Å². The molecule has 0 aliphatic rings. The van der Waals surface area contributed by atoms with Crippen molar-refractivity contribution >= 4 is 17.2 Å². The van der Waals surface area contributed by atoms with Crippen LogP contribution in [0.5, 0.6) is 0 Å². The van der Waals surface area contributed by atoms with Crippen LogP contribution in [0, 0.1) is 19.8 Å². The summed E-state index contributed by atoms with van der Waals surface area (Å²) in [5, 5.41) is 2.88. The van der Waals surface area contributed by atoms with E-state index in [2.05, 4.69) is 5.32 Å². The second-order valence-electron chi connectivity index (χ2n) is 3.90. The lowest BCUT2D eigenvalue weighted by Crippen LogP contribution is -2.30. The van der Waals surface area contributed by atoms with E-state index in [1.807, 2.05) is 26.8 Å².